The lowest BCUT2D eigenvalue weighted by Crippen LogP contribution is -2.15. The molecule has 0 atom stereocenters. The van der Waals surface area contributed by atoms with Gasteiger partial charge in [-0.25, -0.2) is 0 Å². The van der Waals surface area contributed by atoms with Gasteiger partial charge >= 0.3 is 0 Å². The fraction of sp³-hybridized carbons (Fsp3) is 0.137. The maximum absolute atomic E-state index is 4.92. The highest BCUT2D eigenvalue weighted by Gasteiger charge is 2.37. The number of hydrogen-bond acceptors (Lipinski definition) is 1. The van der Waals surface area contributed by atoms with E-state index < -0.39 is 0 Å². The van der Waals surface area contributed by atoms with E-state index in [1.165, 1.54) is 60.7 Å². The average molecular weight is 693 g/mol. The Morgan fingerprint density at radius 1 is 0.750 bits per heavy atom. The summed E-state index contributed by atoms with van der Waals surface area (Å²) in [7, 11) is 0. The second kappa shape index (κ2) is 15.9. The first-order valence-corrected chi connectivity index (χ1v) is 18.5. The highest BCUT2D eigenvalue weighted by atomic mass is 32.1. The van der Waals surface area contributed by atoms with Gasteiger partial charge in [0.2, 0.25) is 0 Å². The van der Waals surface area contributed by atoms with Crippen molar-refractivity contribution in [3.8, 4) is 11.1 Å². The summed E-state index contributed by atoms with van der Waals surface area (Å²) >= 11 is 4.92. The van der Waals surface area contributed by atoms with Crippen LogP contribution in [0.3, 0.4) is 0 Å². The molecule has 0 N–H and O–H groups in total. The molecule has 0 amide bonds. The van der Waals surface area contributed by atoms with E-state index in [1.807, 2.05) is 12.2 Å². The van der Waals surface area contributed by atoms with Gasteiger partial charge in [0.15, 0.2) is 0 Å². The highest BCUT2D eigenvalue weighted by molar-refractivity contribution is 7.80. The third kappa shape index (κ3) is 7.33. The van der Waals surface area contributed by atoms with Crippen molar-refractivity contribution in [1.29, 1.82) is 0 Å². The van der Waals surface area contributed by atoms with Crippen molar-refractivity contribution in [2.24, 2.45) is 0 Å². The second-order valence-corrected chi connectivity index (χ2v) is 14.4. The minimum absolute atomic E-state index is 0.109. The summed E-state index contributed by atoms with van der Waals surface area (Å²) in [5.74, 6) is 0. The number of thiol groups is 1. The lowest BCUT2D eigenvalue weighted by molar-refractivity contribution is 0.660. The monoisotopic (exact) mass is 692 g/mol. The number of fused-ring (bicyclic) bond motifs is 3. The summed E-state index contributed by atoms with van der Waals surface area (Å²) in [5.41, 5.74) is 13.3. The molecule has 0 radical (unpaired) electrons. The first kappa shape index (κ1) is 36.4. The third-order valence-corrected chi connectivity index (χ3v) is 10.6. The summed E-state index contributed by atoms with van der Waals surface area (Å²) in [4.78, 5) is 0.998. The van der Waals surface area contributed by atoms with E-state index in [9.17, 15) is 0 Å². The van der Waals surface area contributed by atoms with Gasteiger partial charge < -0.3 is 0 Å². The van der Waals surface area contributed by atoms with E-state index in [0.29, 0.717) is 0 Å². The van der Waals surface area contributed by atoms with E-state index in [2.05, 4.69) is 187 Å². The molecular weight excluding hydrogens is 645 g/mol. The number of benzene rings is 4. The van der Waals surface area contributed by atoms with Gasteiger partial charge in [-0.1, -0.05) is 161 Å². The van der Waals surface area contributed by atoms with Gasteiger partial charge in [0, 0.05) is 10.3 Å². The highest BCUT2D eigenvalue weighted by Crippen LogP contribution is 2.51. The van der Waals surface area contributed by atoms with Gasteiger partial charge in [-0.05, 0) is 134 Å². The Balaban J connectivity index is 1.44. The Hall–Kier alpha value is -5.37. The molecule has 0 saturated carbocycles. The van der Waals surface area contributed by atoms with Crippen LogP contribution in [-0.4, -0.2) is 0 Å². The minimum atomic E-state index is -0.109. The van der Waals surface area contributed by atoms with Crippen LogP contribution in [-0.2, 0) is 5.41 Å². The third-order valence-electron chi connectivity index (χ3n) is 10.3. The molecule has 1 heteroatoms. The molecule has 6 rings (SSSR count). The van der Waals surface area contributed by atoms with Gasteiger partial charge in [-0.3, -0.25) is 0 Å². The molecule has 1 aliphatic carbocycles. The quantitative estimate of drug-likeness (QED) is 0.121. The summed E-state index contributed by atoms with van der Waals surface area (Å²) in [5, 5.41) is 4.79. The van der Waals surface area contributed by atoms with Crippen molar-refractivity contribution in [3.63, 3.8) is 0 Å². The number of allylic oxidation sites excluding steroid dienone is 12. The SMILES string of the molecule is C=C/C=C\C(=C)c1ccccccc(/C(C)=C/C(=C\C)C/C=C2\C(=C/C)C(C)(C)c3cc4cc(S)c(-c5ccccc5)cc4cc32)c2ccccc12. The van der Waals surface area contributed by atoms with Crippen molar-refractivity contribution in [2.45, 2.75) is 51.3 Å². The smallest absolute Gasteiger partial charge is 0.0155 e. The fourth-order valence-corrected chi connectivity index (χ4v) is 7.92. The summed E-state index contributed by atoms with van der Waals surface area (Å²) < 4.78 is 0. The van der Waals surface area contributed by atoms with Crippen LogP contribution in [0.4, 0.5) is 0 Å². The molecule has 0 saturated heterocycles. The molecule has 0 unspecified atom stereocenters. The molecule has 0 spiro atoms. The van der Waals surface area contributed by atoms with Gasteiger partial charge in [-0.2, -0.15) is 0 Å². The summed E-state index contributed by atoms with van der Waals surface area (Å²) in [6.45, 7) is 19.5. The normalized spacial score (nSPS) is 15.7. The lowest BCUT2D eigenvalue weighted by Gasteiger charge is -2.22. The second-order valence-electron chi connectivity index (χ2n) is 13.9. The van der Waals surface area contributed by atoms with Crippen LogP contribution in [0.15, 0.2) is 187 Å². The fourth-order valence-electron chi connectivity index (χ4n) is 7.59. The van der Waals surface area contributed by atoms with E-state index in [1.54, 1.807) is 6.08 Å². The molecule has 0 aromatic heterocycles. The Morgan fingerprint density at radius 3 is 2.02 bits per heavy atom. The van der Waals surface area contributed by atoms with Crippen LogP contribution < -0.4 is 0 Å². The maximum atomic E-state index is 4.92. The van der Waals surface area contributed by atoms with Crippen molar-refractivity contribution < 1.29 is 0 Å². The summed E-state index contributed by atoms with van der Waals surface area (Å²) in [6.07, 6.45) is 15.9. The predicted molar refractivity (Wildman–Crippen MR) is 233 cm³/mol. The molecule has 1 aliphatic rings. The van der Waals surface area contributed by atoms with Crippen LogP contribution >= 0.6 is 12.6 Å². The molecule has 5 aromatic rings. The molecule has 0 aliphatic heterocycles. The molecule has 0 bridgehead atoms. The average Bonchev–Trinajstić information content (AvgIpc) is 3.36. The van der Waals surface area contributed by atoms with Gasteiger partial charge in [0.1, 0.15) is 0 Å². The largest absolute Gasteiger partial charge is 0.143 e. The number of hydrogen-bond donors (Lipinski definition) is 1. The van der Waals surface area contributed by atoms with E-state index in [-0.39, 0.29) is 5.41 Å². The standard InChI is InChI=1S/C51H48S/c1-8-11-21-35(4)41-24-17-12-13-18-25-42(44-27-20-19-26-43(41)44)36(5)30-37(9-2)28-29-45-47-32-39-31-46(38-22-15-14-16-23-38)50(52)34-40(39)33-49(47)51(6,7)48(45)10-3/h8-27,29-34,52H,1,4,28H2,2-3,5-7H3/b13-12?,17-12?,18-13?,21-11-,24-17?,25-18?,36-30+,37-9-,41-24?,42-25?,43-41?,44-42?,45-29-,48-10+. The van der Waals surface area contributed by atoms with Gasteiger partial charge in [-0.15, -0.1) is 12.6 Å². The first-order valence-electron chi connectivity index (χ1n) is 18.1. The summed E-state index contributed by atoms with van der Waals surface area (Å²) in [6, 6.07) is 41.2. The van der Waals surface area contributed by atoms with Gasteiger partial charge in [0.05, 0.1) is 0 Å². The van der Waals surface area contributed by atoms with Crippen LogP contribution in [0, 0.1) is 0 Å². The van der Waals surface area contributed by atoms with E-state index >= 15 is 0 Å². The lowest BCUT2D eigenvalue weighted by atomic mass is 9.81. The zero-order valence-corrected chi connectivity index (χ0v) is 32.0. The van der Waals surface area contributed by atoms with Crippen molar-refractivity contribution in [3.05, 3.63) is 204 Å². The molecule has 0 fully saturated rings. The van der Waals surface area contributed by atoms with Crippen molar-refractivity contribution in [2.75, 3.05) is 0 Å². The Bertz CT molecular complexity index is 2400. The van der Waals surface area contributed by atoms with E-state index in [4.69, 9.17) is 12.6 Å². The first-order chi connectivity index (χ1) is 25.2. The Labute approximate surface area is 316 Å². The molecule has 5 aromatic carbocycles. The van der Waals surface area contributed by atoms with E-state index in [0.717, 1.165) is 33.4 Å². The predicted octanol–water partition coefficient (Wildman–Crippen LogP) is 14.9. The topological polar surface area (TPSA) is 0 Å². The zero-order chi connectivity index (χ0) is 36.8. The molecule has 0 heterocycles. The Kier molecular flexibility index (Phi) is 11.1. The molecule has 258 valence electrons. The molecular formula is C51H48S. The van der Waals surface area contributed by atoms with Gasteiger partial charge in [0.25, 0.3) is 0 Å². The van der Waals surface area contributed by atoms with Crippen LogP contribution in [0.5, 0.6) is 0 Å². The number of rotatable bonds is 8. The van der Waals surface area contributed by atoms with Crippen molar-refractivity contribution in [1.82, 2.24) is 0 Å². The van der Waals surface area contributed by atoms with Crippen LogP contribution in [0.2, 0.25) is 0 Å². The minimum Gasteiger partial charge on any atom is -0.143 e. The molecule has 0 nitrogen and oxygen atoms in total. The van der Waals surface area contributed by atoms with Crippen molar-refractivity contribution >= 4 is 50.9 Å². The molecule has 52 heavy (non-hydrogen) atoms. The van der Waals surface area contributed by atoms with Crippen LogP contribution in [0.1, 0.15) is 63.3 Å². The van der Waals surface area contributed by atoms with Crippen LogP contribution in [0.25, 0.3) is 49.4 Å². The maximum Gasteiger partial charge on any atom is 0.0155 e. The Morgan fingerprint density at radius 2 is 1.35 bits per heavy atom. The zero-order valence-electron chi connectivity index (χ0n) is 31.1.